The summed E-state index contributed by atoms with van der Waals surface area (Å²) in [7, 11) is 0. The highest BCUT2D eigenvalue weighted by Crippen LogP contribution is 2.45. The summed E-state index contributed by atoms with van der Waals surface area (Å²) < 4.78 is 63.4. The molecule has 1 aromatic rings. The van der Waals surface area contributed by atoms with E-state index < -0.39 is 17.7 Å². The molecule has 0 atom stereocenters. The molecule has 1 aromatic carbocycles. The largest absolute Gasteiger partial charge is 0.458 e. The highest BCUT2D eigenvalue weighted by atomic mass is 19.4. The van der Waals surface area contributed by atoms with Gasteiger partial charge in [-0.05, 0) is 24.8 Å². The fourth-order valence-electron chi connectivity index (χ4n) is 1.62. The normalized spacial score (nSPS) is 12.8. The Bertz CT molecular complexity index is 386. The van der Waals surface area contributed by atoms with Gasteiger partial charge in [0, 0.05) is 12.2 Å². The molecule has 0 saturated heterocycles. The SMILES string of the molecule is OCCCCc1ccccc1C(F)(F)C(F)(F)F. The van der Waals surface area contributed by atoms with Gasteiger partial charge in [0.15, 0.2) is 0 Å². The number of hydrogen-bond donors (Lipinski definition) is 1. The molecule has 1 rings (SSSR count). The van der Waals surface area contributed by atoms with Gasteiger partial charge in [-0.2, -0.15) is 22.0 Å². The van der Waals surface area contributed by atoms with Crippen molar-refractivity contribution in [2.75, 3.05) is 6.61 Å². The first-order chi connectivity index (χ1) is 8.30. The first kappa shape index (κ1) is 14.9. The topological polar surface area (TPSA) is 20.2 Å². The van der Waals surface area contributed by atoms with E-state index in [0.29, 0.717) is 12.8 Å². The minimum Gasteiger partial charge on any atom is -0.396 e. The molecule has 0 aromatic heterocycles. The zero-order valence-electron chi connectivity index (χ0n) is 9.47. The highest BCUT2D eigenvalue weighted by Gasteiger charge is 2.59. The van der Waals surface area contributed by atoms with Gasteiger partial charge in [0.2, 0.25) is 0 Å². The number of unbranched alkanes of at least 4 members (excludes halogenated alkanes) is 1. The van der Waals surface area contributed by atoms with Crippen molar-refractivity contribution in [2.24, 2.45) is 0 Å². The maximum Gasteiger partial charge on any atom is 0.458 e. The molecule has 0 radical (unpaired) electrons. The van der Waals surface area contributed by atoms with Crippen LogP contribution in [0.3, 0.4) is 0 Å². The van der Waals surface area contributed by atoms with E-state index in [2.05, 4.69) is 0 Å². The summed E-state index contributed by atoms with van der Waals surface area (Å²) in [4.78, 5) is 0. The molecule has 0 bridgehead atoms. The quantitative estimate of drug-likeness (QED) is 0.638. The smallest absolute Gasteiger partial charge is 0.396 e. The number of halogens is 5. The van der Waals surface area contributed by atoms with Crippen LogP contribution in [0.4, 0.5) is 22.0 Å². The molecule has 18 heavy (non-hydrogen) atoms. The van der Waals surface area contributed by atoms with Crippen LogP contribution >= 0.6 is 0 Å². The van der Waals surface area contributed by atoms with Crippen molar-refractivity contribution in [3.05, 3.63) is 35.4 Å². The monoisotopic (exact) mass is 268 g/mol. The van der Waals surface area contributed by atoms with Gasteiger partial charge < -0.3 is 5.11 Å². The number of hydrogen-bond acceptors (Lipinski definition) is 1. The van der Waals surface area contributed by atoms with Crippen molar-refractivity contribution in [2.45, 2.75) is 31.4 Å². The van der Waals surface area contributed by atoms with Gasteiger partial charge in [-0.15, -0.1) is 0 Å². The van der Waals surface area contributed by atoms with Crippen LogP contribution in [0.2, 0.25) is 0 Å². The lowest BCUT2D eigenvalue weighted by Crippen LogP contribution is -2.34. The van der Waals surface area contributed by atoms with Crippen molar-refractivity contribution in [3.63, 3.8) is 0 Å². The van der Waals surface area contributed by atoms with Crippen molar-refractivity contribution in [1.82, 2.24) is 0 Å². The molecule has 0 aliphatic carbocycles. The Morgan fingerprint density at radius 1 is 0.944 bits per heavy atom. The van der Waals surface area contributed by atoms with E-state index in [1.165, 1.54) is 12.1 Å². The third-order valence-electron chi connectivity index (χ3n) is 2.57. The van der Waals surface area contributed by atoms with E-state index >= 15 is 0 Å². The van der Waals surface area contributed by atoms with Gasteiger partial charge in [-0.1, -0.05) is 24.3 Å². The third kappa shape index (κ3) is 3.19. The van der Waals surface area contributed by atoms with Gasteiger partial charge in [0.05, 0.1) is 0 Å². The molecule has 6 heteroatoms. The summed E-state index contributed by atoms with van der Waals surface area (Å²) in [6, 6.07) is 4.63. The van der Waals surface area contributed by atoms with Crippen LogP contribution < -0.4 is 0 Å². The Morgan fingerprint density at radius 3 is 2.11 bits per heavy atom. The summed E-state index contributed by atoms with van der Waals surface area (Å²) in [5, 5.41) is 8.57. The molecular formula is C12H13F5O. The van der Waals surface area contributed by atoms with Crippen LogP contribution in [0.1, 0.15) is 24.0 Å². The van der Waals surface area contributed by atoms with Gasteiger partial charge >= 0.3 is 12.1 Å². The van der Waals surface area contributed by atoms with Crippen molar-refractivity contribution in [3.8, 4) is 0 Å². The number of aryl methyl sites for hydroxylation is 1. The van der Waals surface area contributed by atoms with E-state index in [1.54, 1.807) is 0 Å². The molecule has 0 heterocycles. The Hall–Kier alpha value is -1.17. The Morgan fingerprint density at radius 2 is 1.56 bits per heavy atom. The van der Waals surface area contributed by atoms with E-state index in [1.807, 2.05) is 0 Å². The molecule has 0 unspecified atom stereocenters. The Labute approximate surface area is 101 Å². The number of aliphatic hydroxyl groups is 1. The molecule has 1 nitrogen and oxygen atoms in total. The predicted molar refractivity (Wildman–Crippen MR) is 56.4 cm³/mol. The van der Waals surface area contributed by atoms with E-state index in [9.17, 15) is 22.0 Å². The molecule has 0 saturated carbocycles. The summed E-state index contributed by atoms with van der Waals surface area (Å²) in [6.45, 7) is -0.113. The van der Waals surface area contributed by atoms with E-state index in [0.717, 1.165) is 12.1 Å². The number of benzene rings is 1. The lowest BCUT2D eigenvalue weighted by atomic mass is 9.97. The maximum absolute atomic E-state index is 13.3. The standard InChI is InChI=1S/C12H13F5O/c13-11(14,12(15,16)17)10-7-2-1-5-9(10)6-3-4-8-18/h1-2,5,7,18H,3-4,6,8H2. The van der Waals surface area contributed by atoms with Gasteiger partial charge in [0.25, 0.3) is 0 Å². The van der Waals surface area contributed by atoms with Crippen LogP contribution in [-0.2, 0) is 12.3 Å². The summed E-state index contributed by atoms with van der Waals surface area (Å²) in [5.74, 6) is -4.84. The van der Waals surface area contributed by atoms with Crippen LogP contribution in [0, 0.1) is 0 Å². The molecule has 1 N–H and O–H groups in total. The van der Waals surface area contributed by atoms with Crippen molar-refractivity contribution < 1.29 is 27.1 Å². The number of aliphatic hydroxyl groups excluding tert-OH is 1. The summed E-state index contributed by atoms with van der Waals surface area (Å²) in [6.07, 6.45) is -4.78. The van der Waals surface area contributed by atoms with Crippen LogP contribution in [0.5, 0.6) is 0 Å². The average Bonchev–Trinajstić information content (AvgIpc) is 2.28. The zero-order valence-corrected chi connectivity index (χ0v) is 9.47. The number of rotatable bonds is 5. The maximum atomic E-state index is 13.3. The number of alkyl halides is 5. The van der Waals surface area contributed by atoms with Crippen LogP contribution in [0.15, 0.2) is 24.3 Å². The fraction of sp³-hybridized carbons (Fsp3) is 0.500. The average molecular weight is 268 g/mol. The second-order valence-corrected chi connectivity index (χ2v) is 3.91. The molecule has 0 spiro atoms. The molecular weight excluding hydrogens is 255 g/mol. The third-order valence-corrected chi connectivity index (χ3v) is 2.57. The first-order valence-corrected chi connectivity index (χ1v) is 5.44. The lowest BCUT2D eigenvalue weighted by molar-refractivity contribution is -0.289. The Kier molecular flexibility index (Phi) is 4.67. The first-order valence-electron chi connectivity index (χ1n) is 5.44. The second kappa shape index (κ2) is 5.65. The minimum absolute atomic E-state index is 0.0340. The molecule has 0 amide bonds. The van der Waals surface area contributed by atoms with Crippen molar-refractivity contribution >= 4 is 0 Å². The van der Waals surface area contributed by atoms with Gasteiger partial charge in [-0.25, -0.2) is 0 Å². The highest BCUT2D eigenvalue weighted by molar-refractivity contribution is 5.32. The van der Waals surface area contributed by atoms with E-state index in [-0.39, 0.29) is 18.6 Å². The predicted octanol–water partition coefficient (Wildman–Crippen LogP) is 3.66. The lowest BCUT2D eigenvalue weighted by Gasteiger charge is -2.22. The molecule has 0 aliphatic rings. The van der Waals surface area contributed by atoms with Crippen LogP contribution in [-0.4, -0.2) is 17.9 Å². The van der Waals surface area contributed by atoms with Gasteiger partial charge in [-0.3, -0.25) is 0 Å². The minimum atomic E-state index is -5.60. The fourth-order valence-corrected chi connectivity index (χ4v) is 1.62. The second-order valence-electron chi connectivity index (χ2n) is 3.91. The van der Waals surface area contributed by atoms with E-state index in [4.69, 9.17) is 5.11 Å². The summed E-state index contributed by atoms with van der Waals surface area (Å²) >= 11 is 0. The Balaban J connectivity index is 3.01. The molecule has 0 fully saturated rings. The molecule has 0 aliphatic heterocycles. The molecule has 102 valence electrons. The summed E-state index contributed by atoms with van der Waals surface area (Å²) in [5.41, 5.74) is -1.04. The van der Waals surface area contributed by atoms with Crippen molar-refractivity contribution in [1.29, 1.82) is 0 Å². The van der Waals surface area contributed by atoms with Crippen LogP contribution in [0.25, 0.3) is 0 Å². The van der Waals surface area contributed by atoms with Gasteiger partial charge in [0.1, 0.15) is 0 Å². The zero-order chi connectivity index (χ0) is 13.8.